The van der Waals surface area contributed by atoms with Crippen LogP contribution in [0.4, 0.5) is 0 Å². The fourth-order valence-corrected chi connectivity index (χ4v) is 0.846. The van der Waals surface area contributed by atoms with E-state index in [4.69, 9.17) is 0 Å². The van der Waals surface area contributed by atoms with Crippen molar-refractivity contribution in [1.29, 1.82) is 0 Å². The van der Waals surface area contributed by atoms with Crippen LogP contribution >= 0.6 is 0 Å². The number of aromatic amines is 1. The molecule has 0 aliphatic rings. The molecule has 0 fully saturated rings. The molecule has 0 aliphatic heterocycles. The van der Waals surface area contributed by atoms with Gasteiger partial charge in [-0.2, -0.15) is 5.10 Å². The maximum absolute atomic E-state index is 11.1. The zero-order chi connectivity index (χ0) is 10.6. The molecular weight excluding hydrogens is 190 g/mol. The Morgan fingerprint density at radius 3 is 3.00 bits per heavy atom. The Balaban J connectivity index is 2.88. The fourth-order valence-electron chi connectivity index (χ4n) is 0.846. The van der Waals surface area contributed by atoms with Gasteiger partial charge in [0.2, 0.25) is 0 Å². The number of carbonyl (C=O) groups is 1. The quantitative estimate of drug-likeness (QED) is 0.472. The average Bonchev–Trinajstić information content (AvgIpc) is 2.13. The second-order valence-corrected chi connectivity index (χ2v) is 2.42. The van der Waals surface area contributed by atoms with Gasteiger partial charge in [-0.25, -0.2) is 5.10 Å². The van der Waals surface area contributed by atoms with E-state index < -0.39 is 17.1 Å². The molecular formula is C7H9N3O4. The van der Waals surface area contributed by atoms with Crippen molar-refractivity contribution in [1.82, 2.24) is 14.8 Å². The minimum Gasteiger partial charge on any atom is -0.465 e. The molecule has 0 aromatic carbocycles. The van der Waals surface area contributed by atoms with Crippen molar-refractivity contribution in [3.05, 3.63) is 27.0 Å². The lowest BCUT2D eigenvalue weighted by atomic mass is 10.6. The number of esters is 1. The first kappa shape index (κ1) is 10.2. The van der Waals surface area contributed by atoms with Gasteiger partial charge in [-0.05, 0) is 6.92 Å². The second-order valence-electron chi connectivity index (χ2n) is 2.42. The summed E-state index contributed by atoms with van der Waals surface area (Å²) >= 11 is 0. The number of carbonyl (C=O) groups excluding carboxylic acids is 1. The molecule has 7 nitrogen and oxygen atoms in total. The predicted octanol–water partition coefficient (Wildman–Crippen LogP) is -1.51. The van der Waals surface area contributed by atoms with Crippen molar-refractivity contribution in [2.45, 2.75) is 13.5 Å². The molecule has 1 heterocycles. The largest absolute Gasteiger partial charge is 0.465 e. The average molecular weight is 199 g/mol. The molecule has 7 heteroatoms. The molecule has 14 heavy (non-hydrogen) atoms. The molecule has 0 atom stereocenters. The van der Waals surface area contributed by atoms with Crippen molar-refractivity contribution >= 4 is 5.97 Å². The minimum absolute atomic E-state index is 0.226. The maximum Gasteiger partial charge on any atom is 0.330 e. The molecule has 0 bridgehead atoms. The molecule has 0 radical (unpaired) electrons. The molecule has 0 aliphatic carbocycles. The third kappa shape index (κ3) is 2.28. The third-order valence-corrected chi connectivity index (χ3v) is 1.42. The van der Waals surface area contributed by atoms with Crippen LogP contribution in [0, 0.1) is 0 Å². The van der Waals surface area contributed by atoms with Gasteiger partial charge in [0, 0.05) is 0 Å². The van der Waals surface area contributed by atoms with Gasteiger partial charge >= 0.3 is 17.1 Å². The highest BCUT2D eigenvalue weighted by atomic mass is 16.5. The number of hydrogen-bond acceptors (Lipinski definition) is 5. The maximum atomic E-state index is 11.1. The van der Waals surface area contributed by atoms with Crippen molar-refractivity contribution in [2.75, 3.05) is 6.61 Å². The van der Waals surface area contributed by atoms with Crippen LogP contribution in [0.25, 0.3) is 0 Å². The van der Waals surface area contributed by atoms with E-state index in [2.05, 4.69) is 9.84 Å². The van der Waals surface area contributed by atoms with E-state index in [1.165, 1.54) is 0 Å². The highest BCUT2D eigenvalue weighted by Crippen LogP contribution is 1.81. The zero-order valence-corrected chi connectivity index (χ0v) is 7.52. The topological polar surface area (TPSA) is 94.1 Å². The highest BCUT2D eigenvalue weighted by molar-refractivity contribution is 5.69. The van der Waals surface area contributed by atoms with Gasteiger partial charge in [-0.1, -0.05) is 0 Å². The van der Waals surface area contributed by atoms with Crippen LogP contribution in [0.1, 0.15) is 6.92 Å². The molecule has 0 spiro atoms. The molecule has 1 aromatic heterocycles. The lowest BCUT2D eigenvalue weighted by molar-refractivity contribution is -0.143. The highest BCUT2D eigenvalue weighted by Gasteiger charge is 2.06. The number of hydrogen-bond donors (Lipinski definition) is 1. The van der Waals surface area contributed by atoms with Crippen molar-refractivity contribution in [2.24, 2.45) is 0 Å². The van der Waals surface area contributed by atoms with Gasteiger partial charge in [0.25, 0.3) is 0 Å². The van der Waals surface area contributed by atoms with Crippen LogP contribution in [-0.2, 0) is 16.1 Å². The van der Waals surface area contributed by atoms with Gasteiger partial charge in [-0.3, -0.25) is 19.0 Å². The monoisotopic (exact) mass is 199 g/mol. The predicted molar refractivity (Wildman–Crippen MR) is 45.8 cm³/mol. The lowest BCUT2D eigenvalue weighted by Crippen LogP contribution is -2.38. The molecule has 1 aromatic rings. The molecule has 0 saturated carbocycles. The van der Waals surface area contributed by atoms with Crippen LogP contribution in [0.2, 0.25) is 0 Å². The normalized spacial score (nSPS) is 9.79. The molecule has 76 valence electrons. The third-order valence-electron chi connectivity index (χ3n) is 1.42. The van der Waals surface area contributed by atoms with Crippen LogP contribution in [0.3, 0.4) is 0 Å². The second kappa shape index (κ2) is 4.35. The summed E-state index contributed by atoms with van der Waals surface area (Å²) < 4.78 is 5.49. The summed E-state index contributed by atoms with van der Waals surface area (Å²) in [6, 6.07) is 0. The first-order valence-electron chi connectivity index (χ1n) is 3.95. The summed E-state index contributed by atoms with van der Waals surface area (Å²) in [7, 11) is 0. The van der Waals surface area contributed by atoms with E-state index in [1.807, 2.05) is 5.10 Å². The van der Waals surface area contributed by atoms with Crippen molar-refractivity contribution in [3.8, 4) is 0 Å². The van der Waals surface area contributed by atoms with Gasteiger partial charge < -0.3 is 4.74 Å². The molecule has 0 unspecified atom stereocenters. The summed E-state index contributed by atoms with van der Waals surface area (Å²) in [5, 5.41) is 5.33. The number of H-pyrrole nitrogens is 1. The molecule has 1 rings (SSSR count). The molecule has 1 N–H and O–H groups in total. The van der Waals surface area contributed by atoms with Crippen molar-refractivity contribution in [3.63, 3.8) is 0 Å². The lowest BCUT2D eigenvalue weighted by Gasteiger charge is -2.02. The van der Waals surface area contributed by atoms with Gasteiger partial charge in [-0.15, -0.1) is 0 Å². The van der Waals surface area contributed by atoms with Crippen LogP contribution < -0.4 is 11.1 Å². The Labute approximate surface area is 78.3 Å². The van der Waals surface area contributed by atoms with E-state index in [0.29, 0.717) is 0 Å². The number of nitrogens with one attached hydrogen (secondary N) is 1. The number of rotatable bonds is 3. The summed E-state index contributed by atoms with van der Waals surface area (Å²) in [5.74, 6) is -0.581. The fraction of sp³-hybridized carbons (Fsp3) is 0.429. The number of aromatic nitrogens is 3. The Kier molecular flexibility index (Phi) is 3.16. The van der Waals surface area contributed by atoms with Gasteiger partial charge in [0.1, 0.15) is 12.9 Å². The Bertz CT molecular complexity index is 433. The van der Waals surface area contributed by atoms with E-state index in [-0.39, 0.29) is 13.2 Å². The molecule has 0 amide bonds. The smallest absolute Gasteiger partial charge is 0.330 e. The van der Waals surface area contributed by atoms with E-state index >= 15 is 0 Å². The number of nitrogens with zero attached hydrogens (tertiary/aromatic N) is 2. The van der Waals surface area contributed by atoms with Gasteiger partial charge in [0.05, 0.1) is 6.61 Å². The van der Waals surface area contributed by atoms with E-state index in [0.717, 1.165) is 10.9 Å². The Morgan fingerprint density at radius 1 is 1.64 bits per heavy atom. The SMILES string of the molecule is CCOC(=O)Cn1cn[nH]c(=O)c1=O. The Hall–Kier alpha value is -1.92. The van der Waals surface area contributed by atoms with E-state index in [1.54, 1.807) is 6.92 Å². The number of ether oxygens (including phenoxy) is 1. The summed E-state index contributed by atoms with van der Waals surface area (Å²) in [4.78, 5) is 32.8. The van der Waals surface area contributed by atoms with Crippen LogP contribution in [-0.4, -0.2) is 27.3 Å². The zero-order valence-electron chi connectivity index (χ0n) is 7.52. The minimum atomic E-state index is -0.864. The van der Waals surface area contributed by atoms with E-state index in [9.17, 15) is 14.4 Å². The standard InChI is InChI=1S/C7H9N3O4/c1-2-14-5(11)3-10-4-8-9-6(12)7(10)13/h4H,2-3H2,1H3,(H,9,12). The summed E-state index contributed by atoms with van der Waals surface area (Å²) in [5.41, 5.74) is -1.69. The summed E-state index contributed by atoms with van der Waals surface area (Å²) in [6.07, 6.45) is 1.07. The van der Waals surface area contributed by atoms with Crippen molar-refractivity contribution < 1.29 is 9.53 Å². The van der Waals surface area contributed by atoms with Crippen LogP contribution in [0.5, 0.6) is 0 Å². The summed E-state index contributed by atoms with van der Waals surface area (Å²) in [6.45, 7) is 1.57. The first-order valence-corrected chi connectivity index (χ1v) is 3.95. The molecule has 0 saturated heterocycles. The first-order chi connectivity index (χ1) is 6.65. The Morgan fingerprint density at radius 2 is 2.36 bits per heavy atom. The van der Waals surface area contributed by atoms with Gasteiger partial charge in [0.15, 0.2) is 0 Å². The van der Waals surface area contributed by atoms with Crippen LogP contribution in [0.15, 0.2) is 15.9 Å².